The molecular formula is C15H22N2O2. The number of hydrogen-bond donors (Lipinski definition) is 1. The van der Waals surface area contributed by atoms with Gasteiger partial charge in [0.25, 0.3) is 0 Å². The number of carbonyl (C=O) groups excluding carboxylic acids is 2. The summed E-state index contributed by atoms with van der Waals surface area (Å²) in [5, 5.41) is 2.63. The summed E-state index contributed by atoms with van der Waals surface area (Å²) in [5.41, 5.74) is 3.61. The largest absolute Gasteiger partial charge is 0.347 e. The van der Waals surface area contributed by atoms with Gasteiger partial charge in [0.05, 0.1) is 6.54 Å². The Morgan fingerprint density at radius 2 is 1.89 bits per heavy atom. The monoisotopic (exact) mass is 262 g/mol. The molecule has 4 heteroatoms. The van der Waals surface area contributed by atoms with E-state index in [2.05, 4.69) is 37.4 Å². The second-order valence-corrected chi connectivity index (χ2v) is 4.99. The van der Waals surface area contributed by atoms with Crippen LogP contribution in [0.25, 0.3) is 0 Å². The Labute approximate surface area is 114 Å². The maximum Gasteiger partial charge on any atom is 0.241 e. The molecule has 0 fully saturated rings. The van der Waals surface area contributed by atoms with Crippen molar-refractivity contribution in [2.75, 3.05) is 20.6 Å². The highest BCUT2D eigenvalue weighted by molar-refractivity contribution is 5.84. The number of benzene rings is 1. The summed E-state index contributed by atoms with van der Waals surface area (Å²) in [6.45, 7) is 4.17. The predicted molar refractivity (Wildman–Crippen MR) is 75.9 cm³/mol. The van der Waals surface area contributed by atoms with Crippen molar-refractivity contribution in [3.05, 3.63) is 34.9 Å². The zero-order valence-electron chi connectivity index (χ0n) is 12.1. The van der Waals surface area contributed by atoms with Crippen LogP contribution in [0.3, 0.4) is 0 Å². The van der Waals surface area contributed by atoms with Crippen LogP contribution in [0.5, 0.6) is 0 Å². The van der Waals surface area contributed by atoms with Crippen LogP contribution in [-0.4, -0.2) is 37.4 Å². The molecule has 0 aliphatic carbocycles. The van der Waals surface area contributed by atoms with Gasteiger partial charge in [0, 0.05) is 20.5 Å². The number of hydrogen-bond acceptors (Lipinski definition) is 2. The maximum absolute atomic E-state index is 11.6. The fraction of sp³-hybridized carbons (Fsp3) is 0.467. The molecule has 0 unspecified atom stereocenters. The summed E-state index contributed by atoms with van der Waals surface area (Å²) in [6, 6.07) is 6.22. The summed E-state index contributed by atoms with van der Waals surface area (Å²) in [4.78, 5) is 24.4. The van der Waals surface area contributed by atoms with Gasteiger partial charge >= 0.3 is 0 Å². The zero-order valence-corrected chi connectivity index (χ0v) is 12.1. The third kappa shape index (κ3) is 5.12. The third-order valence-corrected chi connectivity index (χ3v) is 3.06. The number of amides is 2. The number of likely N-dealkylation sites (N-methyl/N-ethyl adjacent to an activating group) is 1. The molecular weight excluding hydrogens is 240 g/mol. The van der Waals surface area contributed by atoms with E-state index in [1.165, 1.54) is 21.6 Å². The number of nitrogens with zero attached hydrogens (tertiary/aromatic N) is 1. The molecule has 0 saturated heterocycles. The van der Waals surface area contributed by atoms with Crippen LogP contribution in [0.15, 0.2) is 18.2 Å². The van der Waals surface area contributed by atoms with E-state index in [1.54, 1.807) is 14.1 Å². The number of aryl methyl sites for hydroxylation is 3. The maximum atomic E-state index is 11.6. The first kappa shape index (κ1) is 15.2. The highest BCUT2D eigenvalue weighted by atomic mass is 16.2. The van der Waals surface area contributed by atoms with Gasteiger partial charge in [-0.3, -0.25) is 9.59 Å². The zero-order chi connectivity index (χ0) is 14.4. The summed E-state index contributed by atoms with van der Waals surface area (Å²) in [7, 11) is 3.34. The van der Waals surface area contributed by atoms with Crippen LogP contribution in [0, 0.1) is 13.8 Å². The highest BCUT2D eigenvalue weighted by Gasteiger charge is 2.08. The molecule has 0 aliphatic heterocycles. The Kier molecular flexibility index (Phi) is 5.55. The molecule has 0 aromatic heterocycles. The molecule has 1 N–H and O–H groups in total. The number of carbonyl (C=O) groups is 2. The highest BCUT2D eigenvalue weighted by Crippen LogP contribution is 2.12. The fourth-order valence-electron chi connectivity index (χ4n) is 1.80. The fourth-order valence-corrected chi connectivity index (χ4v) is 1.80. The molecule has 0 radical (unpaired) electrons. The Morgan fingerprint density at radius 1 is 1.21 bits per heavy atom. The Hall–Kier alpha value is -1.84. The SMILES string of the molecule is Cc1ccc(CCC(=O)NCC(=O)N(C)C)c(C)c1. The minimum absolute atomic E-state index is 0.0682. The first-order chi connectivity index (χ1) is 8.90. The molecule has 4 nitrogen and oxygen atoms in total. The molecule has 1 rings (SSSR count). The molecule has 0 heterocycles. The first-order valence-electron chi connectivity index (χ1n) is 6.43. The van der Waals surface area contributed by atoms with Gasteiger partial charge in [-0.1, -0.05) is 23.8 Å². The van der Waals surface area contributed by atoms with Crippen molar-refractivity contribution in [1.29, 1.82) is 0 Å². The minimum atomic E-state index is -0.0973. The number of rotatable bonds is 5. The van der Waals surface area contributed by atoms with Gasteiger partial charge in [-0.15, -0.1) is 0 Å². The van der Waals surface area contributed by atoms with Crippen molar-refractivity contribution in [1.82, 2.24) is 10.2 Å². The van der Waals surface area contributed by atoms with Gasteiger partial charge in [0.1, 0.15) is 0 Å². The van der Waals surface area contributed by atoms with Crippen LogP contribution in [0.1, 0.15) is 23.1 Å². The van der Waals surface area contributed by atoms with Gasteiger partial charge < -0.3 is 10.2 Å². The second-order valence-electron chi connectivity index (χ2n) is 4.99. The topological polar surface area (TPSA) is 49.4 Å². The summed E-state index contributed by atoms with van der Waals surface area (Å²) < 4.78 is 0. The molecule has 19 heavy (non-hydrogen) atoms. The molecule has 0 atom stereocenters. The van der Waals surface area contributed by atoms with Gasteiger partial charge in [0.2, 0.25) is 11.8 Å². The van der Waals surface area contributed by atoms with Crippen LogP contribution >= 0.6 is 0 Å². The van der Waals surface area contributed by atoms with E-state index in [4.69, 9.17) is 0 Å². The van der Waals surface area contributed by atoms with E-state index in [-0.39, 0.29) is 18.4 Å². The second kappa shape index (κ2) is 6.92. The van der Waals surface area contributed by atoms with E-state index < -0.39 is 0 Å². The molecule has 0 saturated carbocycles. The number of nitrogens with one attached hydrogen (secondary N) is 1. The van der Waals surface area contributed by atoms with Crippen molar-refractivity contribution in [2.24, 2.45) is 0 Å². The predicted octanol–water partition coefficient (Wildman–Crippen LogP) is 1.44. The van der Waals surface area contributed by atoms with E-state index in [0.717, 1.165) is 0 Å². The van der Waals surface area contributed by atoms with Gasteiger partial charge in [0.15, 0.2) is 0 Å². The lowest BCUT2D eigenvalue weighted by molar-refractivity contribution is -0.130. The minimum Gasteiger partial charge on any atom is -0.347 e. The Morgan fingerprint density at radius 3 is 2.47 bits per heavy atom. The average Bonchev–Trinajstić information content (AvgIpc) is 2.34. The Balaban J connectivity index is 2.40. The standard InChI is InChI=1S/C15H22N2O2/c1-11-5-6-13(12(2)9-11)7-8-14(18)16-10-15(19)17(3)4/h5-6,9H,7-8,10H2,1-4H3,(H,16,18). The van der Waals surface area contributed by atoms with Crippen molar-refractivity contribution < 1.29 is 9.59 Å². The van der Waals surface area contributed by atoms with Crippen LogP contribution in [-0.2, 0) is 16.0 Å². The average molecular weight is 262 g/mol. The van der Waals surface area contributed by atoms with Crippen molar-refractivity contribution in [3.8, 4) is 0 Å². The quantitative estimate of drug-likeness (QED) is 0.873. The van der Waals surface area contributed by atoms with E-state index in [1.807, 2.05) is 0 Å². The first-order valence-corrected chi connectivity index (χ1v) is 6.43. The smallest absolute Gasteiger partial charge is 0.241 e. The van der Waals surface area contributed by atoms with Crippen molar-refractivity contribution in [3.63, 3.8) is 0 Å². The van der Waals surface area contributed by atoms with E-state index in [9.17, 15) is 9.59 Å². The van der Waals surface area contributed by atoms with Gasteiger partial charge in [-0.25, -0.2) is 0 Å². The molecule has 1 aromatic carbocycles. The van der Waals surface area contributed by atoms with Crippen molar-refractivity contribution >= 4 is 11.8 Å². The summed E-state index contributed by atoms with van der Waals surface area (Å²) in [6.07, 6.45) is 1.11. The molecule has 2 amide bonds. The molecule has 0 aliphatic rings. The molecule has 0 spiro atoms. The normalized spacial score (nSPS) is 10.1. The van der Waals surface area contributed by atoms with Crippen LogP contribution in [0.4, 0.5) is 0 Å². The Bertz CT molecular complexity index is 467. The van der Waals surface area contributed by atoms with Crippen LogP contribution < -0.4 is 5.32 Å². The van der Waals surface area contributed by atoms with Crippen LogP contribution in [0.2, 0.25) is 0 Å². The van der Waals surface area contributed by atoms with Gasteiger partial charge in [-0.05, 0) is 31.4 Å². The summed E-state index contributed by atoms with van der Waals surface area (Å²) >= 11 is 0. The lowest BCUT2D eigenvalue weighted by atomic mass is 10.0. The van der Waals surface area contributed by atoms with Gasteiger partial charge in [-0.2, -0.15) is 0 Å². The molecule has 1 aromatic rings. The van der Waals surface area contributed by atoms with E-state index in [0.29, 0.717) is 12.8 Å². The third-order valence-electron chi connectivity index (χ3n) is 3.06. The van der Waals surface area contributed by atoms with Crippen molar-refractivity contribution in [2.45, 2.75) is 26.7 Å². The lowest BCUT2D eigenvalue weighted by Gasteiger charge is -2.11. The summed E-state index contributed by atoms with van der Waals surface area (Å²) in [5.74, 6) is -0.185. The lowest BCUT2D eigenvalue weighted by Crippen LogP contribution is -2.36. The molecule has 0 bridgehead atoms. The van der Waals surface area contributed by atoms with E-state index >= 15 is 0 Å². The molecule has 104 valence electrons.